The molecule has 0 aromatic heterocycles. The summed E-state index contributed by atoms with van der Waals surface area (Å²) >= 11 is -5.72. The second-order valence-corrected chi connectivity index (χ2v) is 1.30. The van der Waals surface area contributed by atoms with Crippen molar-refractivity contribution in [1.82, 2.24) is 0 Å². The third-order valence-electron chi connectivity index (χ3n) is 0. The summed E-state index contributed by atoms with van der Waals surface area (Å²) in [6.07, 6.45) is 0. The van der Waals surface area contributed by atoms with Gasteiger partial charge in [0, 0.05) is 0 Å². The van der Waals surface area contributed by atoms with Gasteiger partial charge in [-0.05, 0) is 0 Å². The van der Waals surface area contributed by atoms with Crippen molar-refractivity contribution in [3.63, 3.8) is 0 Å². The Balaban J connectivity index is -0.0000000720. The van der Waals surface area contributed by atoms with Gasteiger partial charge in [-0.15, -0.1) is 0 Å². The molecule has 2 unspecified atom stereocenters. The molecule has 0 saturated carbocycles. The van der Waals surface area contributed by atoms with Crippen LogP contribution in [0.3, 0.4) is 0 Å². The zero-order valence-corrected chi connectivity index (χ0v) is 6.28. The van der Waals surface area contributed by atoms with Crippen molar-refractivity contribution in [3.05, 3.63) is 0 Å². The molecule has 0 saturated heterocycles. The smallest absolute Gasteiger partial charge is 0.750 e. The molecule has 0 aromatic carbocycles. The predicted molar refractivity (Wildman–Crippen MR) is 23.1 cm³/mol. The van der Waals surface area contributed by atoms with E-state index in [1.165, 1.54) is 0 Å². The van der Waals surface area contributed by atoms with E-state index in [4.69, 9.17) is 26.6 Å². The van der Waals surface area contributed by atoms with Gasteiger partial charge < -0.3 is 18.2 Å². The zero-order valence-electron chi connectivity index (χ0n) is 3.66. The Morgan fingerprint density at radius 2 is 1.00 bits per heavy atom. The fraction of sp³-hybridized carbons (Fsp3) is 0. The summed E-state index contributed by atoms with van der Waals surface area (Å²) in [4.78, 5) is 0. The molecule has 9 heteroatoms. The summed E-state index contributed by atoms with van der Waals surface area (Å²) in [5, 5.41) is 0. The van der Waals surface area contributed by atoms with E-state index in [0.29, 0.717) is 0 Å². The summed E-state index contributed by atoms with van der Waals surface area (Å²) in [6.45, 7) is 0. The van der Waals surface area contributed by atoms with Crippen LogP contribution in [-0.4, -0.2) is 26.6 Å². The molecule has 0 spiro atoms. The molecule has 0 aromatic rings. The van der Waals surface area contributed by atoms with Crippen molar-refractivity contribution in [1.29, 1.82) is 0 Å². The van der Waals surface area contributed by atoms with Gasteiger partial charge >= 0.3 is 16.5 Å². The zero-order chi connectivity index (χ0) is 7.15. The quantitative estimate of drug-likeness (QED) is 0.386. The van der Waals surface area contributed by atoms with Crippen LogP contribution in [0.25, 0.3) is 0 Å². The standard InChI is InChI=1S/Ni.2H2O3S/c;2*1-4(2)3/h;2*(H2,1,2,3)/q+2;;/p-2. The van der Waals surface area contributed by atoms with Crippen molar-refractivity contribution >= 4 is 22.7 Å². The van der Waals surface area contributed by atoms with E-state index < -0.39 is 22.7 Å². The van der Waals surface area contributed by atoms with Crippen LogP contribution >= 0.6 is 0 Å². The molecule has 9 heavy (non-hydrogen) atoms. The Morgan fingerprint density at radius 1 is 1.00 bits per heavy atom. The topological polar surface area (TPSA) is 121 Å². The summed E-state index contributed by atoms with van der Waals surface area (Å²) in [6, 6.07) is 0. The SMILES string of the molecule is O=S([O-])O.O=S([O-])O.[Ni+2]. The van der Waals surface area contributed by atoms with Crippen molar-refractivity contribution in [2.24, 2.45) is 0 Å². The summed E-state index contributed by atoms with van der Waals surface area (Å²) in [5.74, 6) is 0. The van der Waals surface area contributed by atoms with E-state index in [0.717, 1.165) is 0 Å². The van der Waals surface area contributed by atoms with Crippen LogP contribution in [0.15, 0.2) is 0 Å². The van der Waals surface area contributed by atoms with Gasteiger partial charge in [0.15, 0.2) is 0 Å². The van der Waals surface area contributed by atoms with Crippen molar-refractivity contribution in [3.8, 4) is 0 Å². The summed E-state index contributed by atoms with van der Waals surface area (Å²) in [7, 11) is 0. The third-order valence-corrected chi connectivity index (χ3v) is 0. The van der Waals surface area contributed by atoms with Crippen LogP contribution in [0.1, 0.15) is 0 Å². The minimum atomic E-state index is -2.86. The van der Waals surface area contributed by atoms with Crippen LogP contribution in [-0.2, 0) is 39.2 Å². The van der Waals surface area contributed by atoms with E-state index in [1.807, 2.05) is 0 Å². The second-order valence-electron chi connectivity index (χ2n) is 0.434. The second kappa shape index (κ2) is 11.4. The van der Waals surface area contributed by atoms with E-state index >= 15 is 0 Å². The first kappa shape index (κ1) is 16.3. The van der Waals surface area contributed by atoms with Crippen LogP contribution in [0.5, 0.6) is 0 Å². The molecule has 0 radical (unpaired) electrons. The van der Waals surface area contributed by atoms with Gasteiger partial charge in [-0.2, -0.15) is 0 Å². The molecule has 0 aliphatic heterocycles. The maximum absolute atomic E-state index is 8.56. The van der Waals surface area contributed by atoms with Crippen LogP contribution in [0.4, 0.5) is 0 Å². The van der Waals surface area contributed by atoms with Crippen LogP contribution in [0.2, 0.25) is 0 Å². The summed E-state index contributed by atoms with van der Waals surface area (Å²) in [5.41, 5.74) is 0. The van der Waals surface area contributed by atoms with Gasteiger partial charge in [0.1, 0.15) is 0 Å². The van der Waals surface area contributed by atoms with Gasteiger partial charge in [0.25, 0.3) is 0 Å². The molecule has 0 fully saturated rings. The molecule has 0 aliphatic rings. The average Bonchev–Trinajstić information content (AvgIpc) is 1.25. The Labute approximate surface area is 66.2 Å². The van der Waals surface area contributed by atoms with Crippen molar-refractivity contribution < 1.29 is 43.1 Å². The molecule has 0 bridgehead atoms. The first-order valence-electron chi connectivity index (χ1n) is 1.03. The third kappa shape index (κ3) is 947. The number of hydrogen-bond acceptors (Lipinski definition) is 4. The number of rotatable bonds is 0. The normalized spacial score (nSPS) is 13.8. The molecule has 2 atom stereocenters. The van der Waals surface area contributed by atoms with Gasteiger partial charge in [0.2, 0.25) is 0 Å². The molecule has 0 amide bonds. The van der Waals surface area contributed by atoms with Gasteiger partial charge in [-0.25, -0.2) is 8.42 Å². The Morgan fingerprint density at radius 3 is 1.00 bits per heavy atom. The molecular weight excluding hydrogens is 219 g/mol. The molecule has 6 nitrogen and oxygen atoms in total. The maximum atomic E-state index is 8.56. The summed E-state index contributed by atoms with van der Waals surface area (Å²) < 4.78 is 48.2. The predicted octanol–water partition coefficient (Wildman–Crippen LogP) is -1.33. The van der Waals surface area contributed by atoms with Gasteiger partial charge in [-0.3, -0.25) is 0 Å². The molecule has 0 heterocycles. The van der Waals surface area contributed by atoms with Crippen molar-refractivity contribution in [2.45, 2.75) is 0 Å². The fourth-order valence-electron chi connectivity index (χ4n) is 0. The van der Waals surface area contributed by atoms with E-state index in [2.05, 4.69) is 0 Å². The van der Waals surface area contributed by atoms with Crippen LogP contribution < -0.4 is 0 Å². The molecule has 0 rings (SSSR count). The Kier molecular flexibility index (Phi) is 20.7. The largest absolute Gasteiger partial charge is 2.00 e. The minimum Gasteiger partial charge on any atom is -0.750 e. The van der Waals surface area contributed by atoms with Gasteiger partial charge in [-0.1, -0.05) is 0 Å². The van der Waals surface area contributed by atoms with Gasteiger partial charge in [0.05, 0.1) is 22.7 Å². The maximum Gasteiger partial charge on any atom is 2.00 e. The van der Waals surface area contributed by atoms with E-state index in [9.17, 15) is 0 Å². The van der Waals surface area contributed by atoms with E-state index in [-0.39, 0.29) is 16.5 Å². The first-order valence-corrected chi connectivity index (χ1v) is 3.10. The Hall–Kier alpha value is 0.634. The first-order chi connectivity index (χ1) is 3.46. The average molecular weight is 221 g/mol. The monoisotopic (exact) mass is 220 g/mol. The van der Waals surface area contributed by atoms with E-state index in [1.54, 1.807) is 0 Å². The fourth-order valence-corrected chi connectivity index (χ4v) is 0. The molecule has 0 aliphatic carbocycles. The molecule has 2 N–H and O–H groups in total. The Bertz CT molecular complexity index is 69.1. The van der Waals surface area contributed by atoms with Crippen LogP contribution in [0, 0.1) is 0 Å². The van der Waals surface area contributed by atoms with Crippen molar-refractivity contribution in [2.75, 3.05) is 0 Å². The minimum absolute atomic E-state index is 0. The number of hydrogen-bond donors (Lipinski definition) is 2. The molecule has 60 valence electrons. The molecular formula is H2NiO6S2.